The summed E-state index contributed by atoms with van der Waals surface area (Å²) in [7, 11) is -6.63. The number of nitrogens with zero attached hydrogens (tertiary/aromatic N) is 2. The number of ether oxygens (including phenoxy) is 1. The Morgan fingerprint density at radius 3 is 2.11 bits per heavy atom. The lowest BCUT2D eigenvalue weighted by molar-refractivity contribution is -0.125. The fraction of sp³-hybridized carbons (Fsp3) is 0.938. The standard InChI is InChI=1S/C16H31N3O6S2/c1-2-3-13-26(21,22)18-7-4-15(5-8-18)16(20)17-6-14-27(23,24)19-9-11-25-12-10-19/h15H,2-14H2,1H3,(H,17,20). The van der Waals surface area contributed by atoms with Gasteiger partial charge in [-0.2, -0.15) is 4.31 Å². The van der Waals surface area contributed by atoms with E-state index in [2.05, 4.69) is 5.32 Å². The van der Waals surface area contributed by atoms with Crippen LogP contribution in [0.25, 0.3) is 0 Å². The molecular weight excluding hydrogens is 394 g/mol. The zero-order chi connectivity index (χ0) is 19.9. The third kappa shape index (κ3) is 6.67. The minimum atomic E-state index is -3.40. The lowest BCUT2D eigenvalue weighted by atomic mass is 9.97. The van der Waals surface area contributed by atoms with Crippen LogP contribution in [0.4, 0.5) is 0 Å². The first kappa shape index (κ1) is 22.5. The molecule has 0 aromatic rings. The van der Waals surface area contributed by atoms with Crippen LogP contribution in [0.2, 0.25) is 0 Å². The summed E-state index contributed by atoms with van der Waals surface area (Å²) in [6.45, 7) is 4.18. The molecule has 1 amide bonds. The minimum absolute atomic E-state index is 0.0630. The molecule has 9 nitrogen and oxygen atoms in total. The molecule has 0 aliphatic carbocycles. The predicted octanol–water partition coefficient (Wildman–Crippen LogP) is -0.393. The Bertz CT molecular complexity index is 681. The van der Waals surface area contributed by atoms with Crippen molar-refractivity contribution in [1.82, 2.24) is 13.9 Å². The molecule has 1 N–H and O–H groups in total. The van der Waals surface area contributed by atoms with Gasteiger partial charge in [0.2, 0.25) is 26.0 Å². The quantitative estimate of drug-likeness (QED) is 0.538. The number of hydrogen-bond acceptors (Lipinski definition) is 6. The Balaban J connectivity index is 1.73. The summed E-state index contributed by atoms with van der Waals surface area (Å²) >= 11 is 0. The van der Waals surface area contributed by atoms with Crippen LogP contribution in [0.15, 0.2) is 0 Å². The van der Waals surface area contributed by atoms with E-state index in [1.807, 2.05) is 6.92 Å². The third-order valence-corrected chi connectivity index (χ3v) is 8.83. The number of piperidine rings is 1. The van der Waals surface area contributed by atoms with Crippen LogP contribution in [0.3, 0.4) is 0 Å². The van der Waals surface area contributed by atoms with E-state index in [-0.39, 0.29) is 29.9 Å². The van der Waals surface area contributed by atoms with E-state index in [4.69, 9.17) is 4.74 Å². The normalized spacial score (nSPS) is 21.2. The van der Waals surface area contributed by atoms with Gasteiger partial charge in [0, 0.05) is 38.6 Å². The van der Waals surface area contributed by atoms with Crippen molar-refractivity contribution in [3.8, 4) is 0 Å². The highest BCUT2D eigenvalue weighted by atomic mass is 32.2. The van der Waals surface area contributed by atoms with Crippen molar-refractivity contribution in [3.63, 3.8) is 0 Å². The number of hydrogen-bond donors (Lipinski definition) is 1. The summed E-state index contributed by atoms with van der Waals surface area (Å²) in [4.78, 5) is 12.3. The van der Waals surface area contributed by atoms with Gasteiger partial charge < -0.3 is 10.1 Å². The molecule has 0 aromatic heterocycles. The summed E-state index contributed by atoms with van der Waals surface area (Å²) < 4.78 is 56.9. The summed E-state index contributed by atoms with van der Waals surface area (Å²) in [6.07, 6.45) is 2.40. The van der Waals surface area contributed by atoms with Gasteiger partial charge in [-0.3, -0.25) is 4.79 Å². The molecule has 2 heterocycles. The average Bonchev–Trinajstić information content (AvgIpc) is 2.67. The van der Waals surface area contributed by atoms with Gasteiger partial charge in [-0.25, -0.2) is 21.1 Å². The van der Waals surface area contributed by atoms with Gasteiger partial charge in [-0.15, -0.1) is 0 Å². The Kier molecular flexibility index (Phi) is 8.47. The Morgan fingerprint density at radius 1 is 0.963 bits per heavy atom. The third-order valence-electron chi connectivity index (χ3n) is 5.00. The van der Waals surface area contributed by atoms with Crippen LogP contribution in [0.1, 0.15) is 32.6 Å². The number of rotatable bonds is 9. The van der Waals surface area contributed by atoms with Crippen LogP contribution >= 0.6 is 0 Å². The molecule has 2 saturated heterocycles. The molecule has 2 rings (SSSR count). The van der Waals surface area contributed by atoms with Crippen molar-refractivity contribution in [2.24, 2.45) is 5.92 Å². The van der Waals surface area contributed by atoms with Gasteiger partial charge >= 0.3 is 0 Å². The summed E-state index contributed by atoms with van der Waals surface area (Å²) in [5, 5.41) is 2.69. The highest BCUT2D eigenvalue weighted by Crippen LogP contribution is 2.20. The smallest absolute Gasteiger partial charge is 0.223 e. The van der Waals surface area contributed by atoms with Gasteiger partial charge in [0.25, 0.3) is 0 Å². The van der Waals surface area contributed by atoms with E-state index in [1.54, 1.807) is 0 Å². The fourth-order valence-electron chi connectivity index (χ4n) is 3.25. The van der Waals surface area contributed by atoms with Crippen LogP contribution < -0.4 is 5.32 Å². The number of sulfonamides is 2. The molecule has 0 aromatic carbocycles. The minimum Gasteiger partial charge on any atom is -0.379 e. The number of nitrogens with one attached hydrogen (secondary N) is 1. The highest BCUT2D eigenvalue weighted by molar-refractivity contribution is 7.89. The topological polar surface area (TPSA) is 113 Å². The van der Waals surface area contributed by atoms with E-state index >= 15 is 0 Å². The van der Waals surface area contributed by atoms with Crippen molar-refractivity contribution in [3.05, 3.63) is 0 Å². The molecular formula is C16H31N3O6S2. The van der Waals surface area contributed by atoms with Crippen molar-refractivity contribution < 1.29 is 26.4 Å². The predicted molar refractivity (Wildman–Crippen MR) is 102 cm³/mol. The lowest BCUT2D eigenvalue weighted by Gasteiger charge is -2.30. The van der Waals surface area contributed by atoms with Gasteiger partial charge in [-0.1, -0.05) is 13.3 Å². The molecule has 0 bridgehead atoms. The Morgan fingerprint density at radius 2 is 1.52 bits per heavy atom. The SMILES string of the molecule is CCCCS(=O)(=O)N1CCC(C(=O)NCCS(=O)(=O)N2CCOCC2)CC1. The summed E-state index contributed by atoms with van der Waals surface area (Å²) in [5.41, 5.74) is 0. The molecule has 2 aliphatic heterocycles. The van der Waals surface area contributed by atoms with Crippen molar-refractivity contribution >= 4 is 26.0 Å². The van der Waals surface area contributed by atoms with E-state index < -0.39 is 20.0 Å². The van der Waals surface area contributed by atoms with E-state index in [1.165, 1.54) is 8.61 Å². The number of morpholine rings is 1. The summed E-state index contributed by atoms with van der Waals surface area (Å²) in [5.74, 6) is -0.450. The van der Waals surface area contributed by atoms with Crippen molar-refractivity contribution in [2.75, 3.05) is 57.4 Å². The second-order valence-electron chi connectivity index (χ2n) is 6.96. The molecule has 0 radical (unpaired) electrons. The molecule has 0 unspecified atom stereocenters. The maximum absolute atomic E-state index is 12.3. The number of carbonyl (C=O) groups is 1. The van der Waals surface area contributed by atoms with E-state index in [0.29, 0.717) is 58.7 Å². The van der Waals surface area contributed by atoms with Gasteiger partial charge in [-0.05, 0) is 19.3 Å². The Labute approximate surface area is 162 Å². The molecule has 2 fully saturated rings. The number of amides is 1. The van der Waals surface area contributed by atoms with Crippen LogP contribution in [0, 0.1) is 5.92 Å². The molecule has 11 heteroatoms. The molecule has 0 spiro atoms. The Hall–Kier alpha value is -0.750. The van der Waals surface area contributed by atoms with Gasteiger partial charge in [0.05, 0.1) is 24.7 Å². The maximum atomic E-state index is 12.3. The molecule has 158 valence electrons. The molecule has 27 heavy (non-hydrogen) atoms. The largest absolute Gasteiger partial charge is 0.379 e. The zero-order valence-electron chi connectivity index (χ0n) is 15.9. The highest BCUT2D eigenvalue weighted by Gasteiger charge is 2.31. The van der Waals surface area contributed by atoms with E-state index in [0.717, 1.165) is 6.42 Å². The monoisotopic (exact) mass is 425 g/mol. The van der Waals surface area contributed by atoms with Crippen LogP contribution in [-0.4, -0.2) is 88.8 Å². The molecule has 2 aliphatic rings. The van der Waals surface area contributed by atoms with E-state index in [9.17, 15) is 21.6 Å². The first-order valence-corrected chi connectivity index (χ1v) is 12.8. The molecule has 0 atom stereocenters. The first-order valence-electron chi connectivity index (χ1n) is 9.57. The van der Waals surface area contributed by atoms with Gasteiger partial charge in [0.1, 0.15) is 0 Å². The zero-order valence-corrected chi connectivity index (χ0v) is 17.6. The number of carbonyl (C=O) groups excluding carboxylic acids is 1. The second kappa shape index (κ2) is 10.1. The van der Waals surface area contributed by atoms with Crippen LogP contribution in [-0.2, 0) is 29.6 Å². The lowest BCUT2D eigenvalue weighted by Crippen LogP contribution is -2.46. The van der Waals surface area contributed by atoms with Crippen molar-refractivity contribution in [1.29, 1.82) is 0 Å². The number of unbranched alkanes of at least 4 members (excludes halogenated alkanes) is 1. The maximum Gasteiger partial charge on any atom is 0.223 e. The summed E-state index contributed by atoms with van der Waals surface area (Å²) in [6, 6.07) is 0. The average molecular weight is 426 g/mol. The second-order valence-corrected chi connectivity index (χ2v) is 11.1. The fourth-order valence-corrected chi connectivity index (χ4v) is 6.26. The molecule has 0 saturated carbocycles. The van der Waals surface area contributed by atoms with Crippen LogP contribution in [0.5, 0.6) is 0 Å². The van der Waals surface area contributed by atoms with Crippen molar-refractivity contribution in [2.45, 2.75) is 32.6 Å². The van der Waals surface area contributed by atoms with Gasteiger partial charge in [0.15, 0.2) is 0 Å². The first-order chi connectivity index (χ1) is 12.8.